The summed E-state index contributed by atoms with van der Waals surface area (Å²) in [5.41, 5.74) is 1.10. The average Bonchev–Trinajstić information content (AvgIpc) is 2.17. The van der Waals surface area contributed by atoms with Crippen LogP contribution in [0.2, 0.25) is 0 Å². The lowest BCUT2D eigenvalue weighted by Gasteiger charge is -2.28. The molecule has 0 unspecified atom stereocenters. The number of carbonyl (C=O) groups excluding carboxylic acids is 1. The maximum absolute atomic E-state index is 11.3. The Morgan fingerprint density at radius 3 is 3.14 bits per heavy atom. The number of fused-ring (bicyclic) bond motifs is 1. The zero-order chi connectivity index (χ0) is 10.1. The Kier molecular flexibility index (Phi) is 1.93. The fourth-order valence-electron chi connectivity index (χ4n) is 1.65. The number of nitriles is 1. The molecule has 0 bridgehead atoms. The van der Waals surface area contributed by atoms with Gasteiger partial charge in [0.2, 0.25) is 0 Å². The van der Waals surface area contributed by atoms with Crippen LogP contribution in [-0.4, -0.2) is 17.7 Å². The molecule has 2 atom stereocenters. The van der Waals surface area contributed by atoms with Crippen LogP contribution in [0.4, 0.5) is 0 Å². The number of nitrogens with zero attached hydrogens (tertiary/aromatic N) is 2. The molecule has 2 heterocycles. The van der Waals surface area contributed by atoms with Crippen molar-refractivity contribution in [2.45, 2.75) is 13.0 Å². The zero-order valence-electron chi connectivity index (χ0n) is 7.69. The second-order valence-corrected chi connectivity index (χ2v) is 3.33. The van der Waals surface area contributed by atoms with Crippen LogP contribution in [-0.2, 0) is 4.79 Å². The summed E-state index contributed by atoms with van der Waals surface area (Å²) in [6.07, 6.45) is 5.20. The first kappa shape index (κ1) is 8.70. The van der Waals surface area contributed by atoms with E-state index in [4.69, 9.17) is 5.26 Å². The minimum atomic E-state index is -0.298. The number of carbonyl (C=O) groups is 1. The van der Waals surface area contributed by atoms with Crippen molar-refractivity contribution in [1.82, 2.24) is 5.32 Å². The molecule has 70 valence electrons. The molecule has 2 aliphatic rings. The SMILES string of the molecule is CC1=NC=C[C@@H]2NC(=O)C(C#N)=C[C@@H]12. The molecule has 0 aromatic rings. The fourth-order valence-corrected chi connectivity index (χ4v) is 1.65. The zero-order valence-corrected chi connectivity index (χ0v) is 7.69. The number of aliphatic imine (C=N–C) groups is 1. The fraction of sp³-hybridized carbons (Fsp3) is 0.300. The predicted molar refractivity (Wildman–Crippen MR) is 51.4 cm³/mol. The predicted octanol–water partition coefficient (Wildman–Crippen LogP) is 0.539. The summed E-state index contributed by atoms with van der Waals surface area (Å²) >= 11 is 0. The third-order valence-electron chi connectivity index (χ3n) is 2.45. The molecule has 4 heteroatoms. The van der Waals surface area contributed by atoms with E-state index in [2.05, 4.69) is 10.3 Å². The number of nitrogens with one attached hydrogen (secondary N) is 1. The highest BCUT2D eigenvalue weighted by atomic mass is 16.1. The molecule has 2 aliphatic heterocycles. The second kappa shape index (κ2) is 3.11. The van der Waals surface area contributed by atoms with Gasteiger partial charge in [-0.3, -0.25) is 9.79 Å². The van der Waals surface area contributed by atoms with E-state index in [1.54, 1.807) is 12.3 Å². The normalized spacial score (nSPS) is 29.6. The van der Waals surface area contributed by atoms with Gasteiger partial charge in [-0.1, -0.05) is 0 Å². The Bertz CT molecular complexity index is 412. The van der Waals surface area contributed by atoms with E-state index < -0.39 is 0 Å². The Balaban J connectivity index is 2.40. The number of amides is 1. The standard InChI is InChI=1S/C10H9N3O/c1-6-8-4-7(5-11)10(14)13-9(8)2-3-12-6/h2-4,8-9H,1H3,(H,13,14)/t8-,9-/m0/s1. The van der Waals surface area contributed by atoms with Crippen molar-refractivity contribution in [1.29, 1.82) is 5.26 Å². The van der Waals surface area contributed by atoms with Crippen molar-refractivity contribution in [3.8, 4) is 6.07 Å². The lowest BCUT2D eigenvalue weighted by molar-refractivity contribution is -0.118. The second-order valence-electron chi connectivity index (χ2n) is 3.33. The molecule has 0 fully saturated rings. The molecule has 4 nitrogen and oxygen atoms in total. The summed E-state index contributed by atoms with van der Waals surface area (Å²) in [5.74, 6) is -0.263. The summed E-state index contributed by atoms with van der Waals surface area (Å²) in [4.78, 5) is 15.5. The third-order valence-corrected chi connectivity index (χ3v) is 2.45. The van der Waals surface area contributed by atoms with Crippen LogP contribution in [0.5, 0.6) is 0 Å². The van der Waals surface area contributed by atoms with Gasteiger partial charge in [0.1, 0.15) is 11.6 Å². The molecule has 0 radical (unpaired) electrons. The minimum absolute atomic E-state index is 0.0346. The molecule has 0 aromatic carbocycles. The quantitative estimate of drug-likeness (QED) is 0.601. The highest BCUT2D eigenvalue weighted by Crippen LogP contribution is 2.20. The van der Waals surface area contributed by atoms with Crippen LogP contribution in [0, 0.1) is 17.2 Å². The van der Waals surface area contributed by atoms with Gasteiger partial charge in [-0.25, -0.2) is 0 Å². The lowest BCUT2D eigenvalue weighted by Crippen LogP contribution is -2.46. The highest BCUT2D eigenvalue weighted by molar-refractivity contribution is 6.01. The Morgan fingerprint density at radius 1 is 1.64 bits per heavy atom. The molecule has 1 amide bonds. The van der Waals surface area contributed by atoms with Crippen LogP contribution in [0.1, 0.15) is 6.92 Å². The molecule has 0 aromatic heterocycles. The van der Waals surface area contributed by atoms with Crippen molar-refractivity contribution < 1.29 is 4.79 Å². The topological polar surface area (TPSA) is 65.2 Å². The molecular weight excluding hydrogens is 178 g/mol. The number of rotatable bonds is 0. The van der Waals surface area contributed by atoms with Crippen LogP contribution in [0.3, 0.4) is 0 Å². The van der Waals surface area contributed by atoms with E-state index in [9.17, 15) is 4.79 Å². The molecular formula is C10H9N3O. The summed E-state index contributed by atoms with van der Waals surface area (Å²) in [7, 11) is 0. The van der Waals surface area contributed by atoms with Gasteiger partial charge >= 0.3 is 0 Å². The van der Waals surface area contributed by atoms with Gasteiger partial charge in [0.25, 0.3) is 5.91 Å². The Labute approximate surface area is 81.6 Å². The number of hydrogen-bond donors (Lipinski definition) is 1. The molecule has 1 N–H and O–H groups in total. The van der Waals surface area contributed by atoms with Crippen molar-refractivity contribution in [3.05, 3.63) is 23.9 Å². The smallest absolute Gasteiger partial charge is 0.262 e. The van der Waals surface area contributed by atoms with Crippen LogP contribution >= 0.6 is 0 Å². The van der Waals surface area contributed by atoms with E-state index in [-0.39, 0.29) is 23.4 Å². The van der Waals surface area contributed by atoms with E-state index in [1.807, 2.05) is 19.1 Å². The first-order valence-electron chi connectivity index (χ1n) is 4.36. The number of hydrogen-bond acceptors (Lipinski definition) is 3. The lowest BCUT2D eigenvalue weighted by atomic mass is 9.88. The summed E-state index contributed by atoms with van der Waals surface area (Å²) in [5, 5.41) is 11.5. The molecule has 0 aliphatic carbocycles. The van der Waals surface area contributed by atoms with Crippen LogP contribution in [0.25, 0.3) is 0 Å². The van der Waals surface area contributed by atoms with Gasteiger partial charge in [-0.2, -0.15) is 5.26 Å². The van der Waals surface area contributed by atoms with Crippen molar-refractivity contribution >= 4 is 11.6 Å². The van der Waals surface area contributed by atoms with Gasteiger partial charge < -0.3 is 5.32 Å². The van der Waals surface area contributed by atoms with Gasteiger partial charge in [0.15, 0.2) is 0 Å². The van der Waals surface area contributed by atoms with Crippen molar-refractivity contribution in [2.24, 2.45) is 10.9 Å². The molecule has 0 saturated carbocycles. The molecule has 0 spiro atoms. The van der Waals surface area contributed by atoms with Gasteiger partial charge in [-0.15, -0.1) is 0 Å². The Morgan fingerprint density at radius 2 is 2.43 bits per heavy atom. The van der Waals surface area contributed by atoms with Gasteiger partial charge in [-0.05, 0) is 19.1 Å². The van der Waals surface area contributed by atoms with Crippen molar-refractivity contribution in [2.75, 3.05) is 0 Å². The highest BCUT2D eigenvalue weighted by Gasteiger charge is 2.30. The molecule has 2 rings (SSSR count). The van der Waals surface area contributed by atoms with Crippen LogP contribution in [0.15, 0.2) is 28.9 Å². The third kappa shape index (κ3) is 1.23. The first-order chi connectivity index (χ1) is 6.72. The maximum atomic E-state index is 11.3. The first-order valence-corrected chi connectivity index (χ1v) is 4.36. The van der Waals surface area contributed by atoms with Crippen molar-refractivity contribution in [3.63, 3.8) is 0 Å². The largest absolute Gasteiger partial charge is 0.344 e. The summed E-state index contributed by atoms with van der Waals surface area (Å²) in [6.45, 7) is 1.89. The van der Waals surface area contributed by atoms with Gasteiger partial charge in [0, 0.05) is 17.8 Å². The van der Waals surface area contributed by atoms with E-state index in [0.717, 1.165) is 5.71 Å². The average molecular weight is 187 g/mol. The minimum Gasteiger partial charge on any atom is -0.344 e. The maximum Gasteiger partial charge on any atom is 0.262 e. The van der Waals surface area contributed by atoms with E-state index in [1.165, 1.54) is 0 Å². The Hall–Kier alpha value is -1.89. The molecule has 0 saturated heterocycles. The van der Waals surface area contributed by atoms with Gasteiger partial charge in [0.05, 0.1) is 6.04 Å². The monoisotopic (exact) mass is 187 g/mol. The van der Waals surface area contributed by atoms with E-state index >= 15 is 0 Å². The molecule has 14 heavy (non-hydrogen) atoms. The summed E-state index contributed by atoms with van der Waals surface area (Å²) in [6, 6.07) is 1.83. The van der Waals surface area contributed by atoms with Crippen LogP contribution < -0.4 is 5.32 Å². The van der Waals surface area contributed by atoms with E-state index in [0.29, 0.717) is 0 Å². The summed E-state index contributed by atoms with van der Waals surface area (Å²) < 4.78 is 0.